The lowest BCUT2D eigenvalue weighted by atomic mass is 10.0. The zero-order valence-electron chi connectivity index (χ0n) is 20.1. The maximum absolute atomic E-state index is 10.5. The van der Waals surface area contributed by atoms with Gasteiger partial charge in [0.2, 0.25) is 0 Å². The molecule has 0 aliphatic rings. The van der Waals surface area contributed by atoms with Gasteiger partial charge >= 0.3 is 0 Å². The molecule has 2 aromatic carbocycles. The summed E-state index contributed by atoms with van der Waals surface area (Å²) in [4.78, 5) is 1.89. The molecular formula is C28H42O2S2. The molecule has 32 heavy (non-hydrogen) atoms. The number of unbranched alkanes of at least 4 members (excludes halogenated alkanes) is 10. The molecule has 0 saturated heterocycles. The number of phenolic OH excluding ortho intramolecular Hbond substituents is 2. The lowest BCUT2D eigenvalue weighted by molar-refractivity contribution is 0.459. The highest BCUT2D eigenvalue weighted by molar-refractivity contribution is 8.76. The monoisotopic (exact) mass is 474 g/mol. The lowest BCUT2D eigenvalue weighted by Gasteiger charge is -2.14. The van der Waals surface area contributed by atoms with E-state index in [4.69, 9.17) is 0 Å². The van der Waals surface area contributed by atoms with Crippen LogP contribution in [0.4, 0.5) is 0 Å². The number of rotatable bonds is 17. The van der Waals surface area contributed by atoms with Crippen molar-refractivity contribution in [3.05, 3.63) is 47.5 Å². The van der Waals surface area contributed by atoms with E-state index in [0.717, 1.165) is 35.5 Å². The van der Waals surface area contributed by atoms with Crippen LogP contribution in [0.25, 0.3) is 0 Å². The van der Waals surface area contributed by atoms with Crippen LogP contribution in [-0.4, -0.2) is 10.2 Å². The molecule has 2 rings (SSSR count). The molecule has 0 radical (unpaired) electrons. The minimum Gasteiger partial charge on any atom is -0.507 e. The summed E-state index contributed by atoms with van der Waals surface area (Å²) in [6.45, 7) is 4.49. The van der Waals surface area contributed by atoms with E-state index in [-0.39, 0.29) is 0 Å². The zero-order chi connectivity index (χ0) is 23.0. The fourth-order valence-corrected chi connectivity index (χ4v) is 6.69. The van der Waals surface area contributed by atoms with Gasteiger partial charge in [0, 0.05) is 0 Å². The van der Waals surface area contributed by atoms with Crippen molar-refractivity contribution in [2.45, 2.75) is 114 Å². The predicted octanol–water partition coefficient (Wildman–Crippen LogP) is 9.70. The van der Waals surface area contributed by atoms with Gasteiger partial charge in [-0.25, -0.2) is 0 Å². The van der Waals surface area contributed by atoms with Crippen LogP contribution in [0.5, 0.6) is 11.5 Å². The molecule has 0 unspecified atom stereocenters. The van der Waals surface area contributed by atoms with Crippen LogP contribution in [0.2, 0.25) is 0 Å². The number of aromatic hydroxyl groups is 2. The highest BCUT2D eigenvalue weighted by atomic mass is 33.1. The van der Waals surface area contributed by atoms with Crippen LogP contribution < -0.4 is 0 Å². The van der Waals surface area contributed by atoms with E-state index >= 15 is 0 Å². The molecule has 178 valence electrons. The van der Waals surface area contributed by atoms with Crippen molar-refractivity contribution < 1.29 is 10.2 Å². The fourth-order valence-electron chi connectivity index (χ4n) is 4.00. The maximum Gasteiger partial charge on any atom is 0.130 e. The third kappa shape index (κ3) is 9.70. The van der Waals surface area contributed by atoms with Crippen LogP contribution in [0.15, 0.2) is 46.2 Å². The Hall–Kier alpha value is -1.26. The molecule has 0 amide bonds. The van der Waals surface area contributed by atoms with E-state index in [2.05, 4.69) is 26.0 Å². The van der Waals surface area contributed by atoms with Crippen molar-refractivity contribution >= 4 is 21.6 Å². The summed E-state index contributed by atoms with van der Waals surface area (Å²) in [5.41, 5.74) is 2.43. The Labute approximate surface area is 204 Å². The first-order valence-electron chi connectivity index (χ1n) is 12.6. The van der Waals surface area contributed by atoms with Crippen LogP contribution in [0.1, 0.15) is 102 Å². The van der Waals surface area contributed by atoms with E-state index in [1.54, 1.807) is 33.7 Å². The first kappa shape index (κ1) is 27.0. The molecule has 0 bridgehead atoms. The SMILES string of the molecule is CCCCCCCCc1cccc(O)c1SSc1c(O)cccc1CCCCCCCC. The van der Waals surface area contributed by atoms with Gasteiger partial charge in [-0.3, -0.25) is 0 Å². The van der Waals surface area contributed by atoms with Gasteiger partial charge in [-0.2, -0.15) is 0 Å². The zero-order valence-corrected chi connectivity index (χ0v) is 21.7. The second-order valence-electron chi connectivity index (χ2n) is 8.73. The van der Waals surface area contributed by atoms with E-state index in [1.807, 2.05) is 12.1 Å². The molecule has 0 saturated carbocycles. The minimum atomic E-state index is 0.346. The maximum atomic E-state index is 10.5. The summed E-state index contributed by atoms with van der Waals surface area (Å²) in [5.74, 6) is 0.692. The van der Waals surface area contributed by atoms with Crippen molar-refractivity contribution in [3.8, 4) is 11.5 Å². The van der Waals surface area contributed by atoms with Gasteiger partial charge < -0.3 is 10.2 Å². The molecule has 2 N–H and O–H groups in total. The number of hydrogen-bond acceptors (Lipinski definition) is 4. The van der Waals surface area contributed by atoms with E-state index in [9.17, 15) is 10.2 Å². The van der Waals surface area contributed by atoms with Crippen LogP contribution >= 0.6 is 21.6 Å². The van der Waals surface area contributed by atoms with Gasteiger partial charge in [-0.05, 0) is 70.5 Å². The third-order valence-corrected chi connectivity index (χ3v) is 8.57. The van der Waals surface area contributed by atoms with Gasteiger partial charge in [-0.1, -0.05) is 102 Å². The Morgan fingerprint density at radius 3 is 1.31 bits per heavy atom. The molecule has 0 aliphatic carbocycles. The molecule has 0 heterocycles. The number of phenols is 2. The summed E-state index contributed by atoms with van der Waals surface area (Å²) < 4.78 is 0. The van der Waals surface area contributed by atoms with Crippen LogP contribution in [-0.2, 0) is 12.8 Å². The summed E-state index contributed by atoms with van der Waals surface area (Å²) in [5, 5.41) is 21.1. The standard InChI is InChI=1S/C28H42O2S2/c1-3-5-7-9-11-13-17-23-19-15-21-25(29)27(23)31-32-28-24(20-16-22-26(28)30)18-14-12-10-8-6-4-2/h15-16,19-22,29-30H,3-14,17-18H2,1-2H3. The molecule has 0 fully saturated rings. The molecule has 2 aromatic rings. The van der Waals surface area contributed by atoms with Crippen molar-refractivity contribution in [2.24, 2.45) is 0 Å². The molecular weight excluding hydrogens is 432 g/mol. The quantitative estimate of drug-likeness (QED) is 0.177. The number of benzene rings is 2. The first-order chi connectivity index (χ1) is 15.7. The Morgan fingerprint density at radius 1 is 0.531 bits per heavy atom. The Kier molecular flexibility index (Phi) is 13.8. The van der Waals surface area contributed by atoms with Crippen molar-refractivity contribution in [2.75, 3.05) is 0 Å². The summed E-state index contributed by atoms with van der Waals surface area (Å²) in [6.07, 6.45) is 17.2. The summed E-state index contributed by atoms with van der Waals surface area (Å²) in [6, 6.07) is 11.7. The van der Waals surface area contributed by atoms with E-state index in [0.29, 0.717) is 11.5 Å². The Bertz CT molecular complexity index is 711. The summed E-state index contributed by atoms with van der Waals surface area (Å²) >= 11 is 0. The van der Waals surface area contributed by atoms with Crippen LogP contribution in [0, 0.1) is 0 Å². The van der Waals surface area contributed by atoms with E-state index < -0.39 is 0 Å². The van der Waals surface area contributed by atoms with E-state index in [1.165, 1.54) is 75.3 Å². The van der Waals surface area contributed by atoms with Crippen molar-refractivity contribution in [3.63, 3.8) is 0 Å². The van der Waals surface area contributed by atoms with Gasteiger partial charge in [0.1, 0.15) is 11.5 Å². The van der Waals surface area contributed by atoms with Gasteiger partial charge in [0.25, 0.3) is 0 Å². The first-order valence-corrected chi connectivity index (χ1v) is 14.8. The number of hydrogen-bond donors (Lipinski definition) is 2. The minimum absolute atomic E-state index is 0.346. The topological polar surface area (TPSA) is 40.5 Å². The molecule has 4 heteroatoms. The average Bonchev–Trinajstić information content (AvgIpc) is 2.79. The average molecular weight is 475 g/mol. The smallest absolute Gasteiger partial charge is 0.130 e. The van der Waals surface area contributed by atoms with Crippen molar-refractivity contribution in [1.29, 1.82) is 0 Å². The second kappa shape index (κ2) is 16.4. The van der Waals surface area contributed by atoms with Gasteiger partial charge in [0.05, 0.1) is 9.79 Å². The highest BCUT2D eigenvalue weighted by Crippen LogP contribution is 2.47. The van der Waals surface area contributed by atoms with Crippen molar-refractivity contribution in [1.82, 2.24) is 0 Å². The fraction of sp³-hybridized carbons (Fsp3) is 0.571. The molecule has 0 atom stereocenters. The molecule has 0 aromatic heterocycles. The molecule has 0 aliphatic heterocycles. The van der Waals surface area contributed by atoms with Gasteiger partial charge in [-0.15, -0.1) is 0 Å². The second-order valence-corrected chi connectivity index (χ2v) is 10.9. The lowest BCUT2D eigenvalue weighted by Crippen LogP contribution is -1.91. The molecule has 2 nitrogen and oxygen atoms in total. The number of aryl methyl sites for hydroxylation is 2. The normalized spacial score (nSPS) is 11.2. The largest absolute Gasteiger partial charge is 0.507 e. The molecule has 0 spiro atoms. The van der Waals surface area contributed by atoms with Crippen LogP contribution in [0.3, 0.4) is 0 Å². The predicted molar refractivity (Wildman–Crippen MR) is 142 cm³/mol. The Morgan fingerprint density at radius 2 is 0.906 bits per heavy atom. The third-order valence-electron chi connectivity index (χ3n) is 5.96. The van der Waals surface area contributed by atoms with Gasteiger partial charge in [0.15, 0.2) is 0 Å². The Balaban J connectivity index is 1.95. The highest BCUT2D eigenvalue weighted by Gasteiger charge is 2.14. The summed E-state index contributed by atoms with van der Waals surface area (Å²) in [7, 11) is 3.17.